The van der Waals surface area contributed by atoms with Gasteiger partial charge in [0.1, 0.15) is 5.69 Å². The number of fused-ring (bicyclic) bond motifs is 1. The molecule has 3 rings (SSSR count). The molecule has 0 unspecified atom stereocenters. The minimum atomic E-state index is -0.106. The van der Waals surface area contributed by atoms with Crippen LogP contribution in [0.15, 0.2) is 47.1 Å². The van der Waals surface area contributed by atoms with Crippen molar-refractivity contribution in [2.75, 3.05) is 11.9 Å². The molecular weight excluding hydrogens is 344 g/mol. The summed E-state index contributed by atoms with van der Waals surface area (Å²) < 4.78 is 5.41. The number of carbonyl (C=O) groups excluding carboxylic acids is 1. The van der Waals surface area contributed by atoms with E-state index in [0.29, 0.717) is 28.9 Å². The molecule has 1 N–H and O–H groups in total. The molecule has 0 bridgehead atoms. The number of amides is 1. The van der Waals surface area contributed by atoms with Crippen LogP contribution in [-0.4, -0.2) is 22.8 Å². The molecule has 2 aromatic heterocycles. The number of pyridine rings is 1. The van der Waals surface area contributed by atoms with Gasteiger partial charge in [0, 0.05) is 17.3 Å². The van der Waals surface area contributed by atoms with Crippen molar-refractivity contribution < 1.29 is 9.21 Å². The highest BCUT2D eigenvalue weighted by Gasteiger charge is 2.14. The molecule has 22 heavy (non-hydrogen) atoms. The lowest BCUT2D eigenvalue weighted by atomic mass is 10.0. The Labute approximate surface area is 136 Å². The smallest absolute Gasteiger partial charge is 0.252 e. The average molecular weight is 359 g/mol. The molecule has 0 aliphatic rings. The number of carbonyl (C=O) groups is 1. The topological polar surface area (TPSA) is 55.1 Å². The number of benzene rings is 1. The van der Waals surface area contributed by atoms with Gasteiger partial charge >= 0.3 is 0 Å². The molecule has 0 radical (unpaired) electrons. The molecule has 1 amide bonds. The van der Waals surface area contributed by atoms with Gasteiger partial charge in [-0.3, -0.25) is 4.79 Å². The Bertz CT molecular complexity index is 813. The van der Waals surface area contributed by atoms with Gasteiger partial charge in [0.25, 0.3) is 5.91 Å². The summed E-state index contributed by atoms with van der Waals surface area (Å²) >= 11 is 3.32. The molecule has 0 saturated heterocycles. The zero-order valence-electron chi connectivity index (χ0n) is 12.1. The summed E-state index contributed by atoms with van der Waals surface area (Å²) in [6.45, 7) is 2.57. The molecule has 0 aliphatic carbocycles. The van der Waals surface area contributed by atoms with Crippen LogP contribution in [0.3, 0.4) is 0 Å². The van der Waals surface area contributed by atoms with Crippen LogP contribution in [0.25, 0.3) is 22.4 Å². The first-order valence-corrected chi connectivity index (χ1v) is 8.10. The molecule has 2 heterocycles. The average Bonchev–Trinajstić information content (AvgIpc) is 3.06. The summed E-state index contributed by atoms with van der Waals surface area (Å²) in [5.41, 5.74) is 3.14. The summed E-state index contributed by atoms with van der Waals surface area (Å²) in [6, 6.07) is 11.3. The van der Waals surface area contributed by atoms with E-state index in [1.54, 1.807) is 18.4 Å². The van der Waals surface area contributed by atoms with Crippen LogP contribution in [0.4, 0.5) is 0 Å². The van der Waals surface area contributed by atoms with Gasteiger partial charge in [-0.05, 0) is 37.3 Å². The monoisotopic (exact) mass is 358 g/mol. The molecule has 112 valence electrons. The van der Waals surface area contributed by atoms with Crippen LogP contribution >= 0.6 is 15.9 Å². The van der Waals surface area contributed by atoms with E-state index in [1.807, 2.05) is 31.2 Å². The fourth-order valence-corrected chi connectivity index (χ4v) is 2.53. The van der Waals surface area contributed by atoms with Crippen molar-refractivity contribution in [3.8, 4) is 11.5 Å². The second-order valence-electron chi connectivity index (χ2n) is 5.00. The normalized spacial score (nSPS) is 10.8. The van der Waals surface area contributed by atoms with Crippen molar-refractivity contribution in [1.82, 2.24) is 10.3 Å². The SMILES string of the molecule is Cc1ccc2nc(-c3ccco3)cc(C(=O)NCCBr)c2c1. The summed E-state index contributed by atoms with van der Waals surface area (Å²) in [5.74, 6) is 0.544. The van der Waals surface area contributed by atoms with Crippen LogP contribution in [0.2, 0.25) is 0 Å². The molecule has 3 aromatic rings. The quantitative estimate of drug-likeness (QED) is 0.719. The van der Waals surface area contributed by atoms with E-state index >= 15 is 0 Å². The van der Waals surface area contributed by atoms with Gasteiger partial charge in [-0.1, -0.05) is 27.6 Å². The van der Waals surface area contributed by atoms with Gasteiger partial charge in [0.05, 0.1) is 17.3 Å². The van der Waals surface area contributed by atoms with Gasteiger partial charge in [0.15, 0.2) is 5.76 Å². The second-order valence-corrected chi connectivity index (χ2v) is 5.79. The highest BCUT2D eigenvalue weighted by atomic mass is 79.9. The third kappa shape index (κ3) is 2.90. The van der Waals surface area contributed by atoms with E-state index in [4.69, 9.17) is 4.42 Å². The number of hydrogen-bond acceptors (Lipinski definition) is 3. The van der Waals surface area contributed by atoms with E-state index in [0.717, 1.165) is 16.5 Å². The lowest BCUT2D eigenvalue weighted by molar-refractivity contribution is 0.0958. The summed E-state index contributed by atoms with van der Waals surface area (Å²) in [7, 11) is 0. The number of rotatable bonds is 4. The van der Waals surface area contributed by atoms with Crippen molar-refractivity contribution >= 4 is 32.7 Å². The zero-order valence-corrected chi connectivity index (χ0v) is 13.7. The molecule has 4 nitrogen and oxygen atoms in total. The van der Waals surface area contributed by atoms with Gasteiger partial charge in [-0.25, -0.2) is 4.98 Å². The fraction of sp³-hybridized carbons (Fsp3) is 0.176. The first kappa shape index (κ1) is 14.8. The Morgan fingerprint density at radius 1 is 1.32 bits per heavy atom. The summed E-state index contributed by atoms with van der Waals surface area (Å²) in [6.07, 6.45) is 1.60. The molecule has 0 fully saturated rings. The maximum Gasteiger partial charge on any atom is 0.252 e. The van der Waals surface area contributed by atoms with Gasteiger partial charge in [0.2, 0.25) is 0 Å². The van der Waals surface area contributed by atoms with Crippen molar-refractivity contribution in [3.05, 3.63) is 53.8 Å². The Hall–Kier alpha value is -2.14. The highest BCUT2D eigenvalue weighted by molar-refractivity contribution is 9.09. The first-order valence-electron chi connectivity index (χ1n) is 6.98. The molecule has 0 spiro atoms. The first-order chi connectivity index (χ1) is 10.7. The maximum atomic E-state index is 12.5. The van der Waals surface area contributed by atoms with E-state index < -0.39 is 0 Å². The largest absolute Gasteiger partial charge is 0.463 e. The predicted octanol–water partition coefficient (Wildman–Crippen LogP) is 3.93. The second kappa shape index (κ2) is 6.32. The number of nitrogens with zero attached hydrogens (tertiary/aromatic N) is 1. The van der Waals surface area contributed by atoms with Crippen LogP contribution in [0, 0.1) is 6.92 Å². The number of furan rings is 1. The highest BCUT2D eigenvalue weighted by Crippen LogP contribution is 2.26. The van der Waals surface area contributed by atoms with Gasteiger partial charge in [-0.2, -0.15) is 0 Å². The van der Waals surface area contributed by atoms with E-state index in [9.17, 15) is 4.79 Å². The minimum absolute atomic E-state index is 0.106. The van der Waals surface area contributed by atoms with Crippen LogP contribution < -0.4 is 5.32 Å². The van der Waals surface area contributed by atoms with Gasteiger partial charge in [-0.15, -0.1) is 0 Å². The molecule has 1 aromatic carbocycles. The van der Waals surface area contributed by atoms with E-state index in [1.165, 1.54) is 0 Å². The lowest BCUT2D eigenvalue weighted by Crippen LogP contribution is -2.25. The lowest BCUT2D eigenvalue weighted by Gasteiger charge is -2.09. The minimum Gasteiger partial charge on any atom is -0.463 e. The Morgan fingerprint density at radius 2 is 2.18 bits per heavy atom. The molecule has 5 heteroatoms. The molecule has 0 atom stereocenters. The fourth-order valence-electron chi connectivity index (χ4n) is 2.33. The number of aryl methyl sites for hydroxylation is 1. The Morgan fingerprint density at radius 3 is 2.91 bits per heavy atom. The molecule has 0 saturated carbocycles. The Kier molecular flexibility index (Phi) is 4.24. The standard InChI is InChI=1S/C17H15BrN2O2/c1-11-4-5-14-12(9-11)13(17(21)19-7-6-18)10-15(20-14)16-3-2-8-22-16/h2-5,8-10H,6-7H2,1H3,(H,19,21). The Balaban J connectivity index is 2.17. The van der Waals surface area contributed by atoms with Crippen molar-refractivity contribution in [3.63, 3.8) is 0 Å². The van der Waals surface area contributed by atoms with Crippen LogP contribution in [0.5, 0.6) is 0 Å². The van der Waals surface area contributed by atoms with Crippen molar-refractivity contribution in [2.45, 2.75) is 6.92 Å². The number of nitrogens with one attached hydrogen (secondary N) is 1. The maximum absolute atomic E-state index is 12.5. The third-order valence-corrected chi connectivity index (χ3v) is 3.76. The van der Waals surface area contributed by atoms with Gasteiger partial charge < -0.3 is 9.73 Å². The molecule has 0 aliphatic heterocycles. The number of halogens is 1. The number of alkyl halides is 1. The summed E-state index contributed by atoms with van der Waals surface area (Å²) in [4.78, 5) is 17.1. The van der Waals surface area contributed by atoms with Crippen LogP contribution in [-0.2, 0) is 0 Å². The third-order valence-electron chi connectivity index (χ3n) is 3.36. The molecular formula is C17H15BrN2O2. The number of hydrogen-bond donors (Lipinski definition) is 1. The van der Waals surface area contributed by atoms with Crippen molar-refractivity contribution in [2.24, 2.45) is 0 Å². The van der Waals surface area contributed by atoms with E-state index in [2.05, 4.69) is 26.2 Å². The predicted molar refractivity (Wildman–Crippen MR) is 90.3 cm³/mol. The van der Waals surface area contributed by atoms with E-state index in [-0.39, 0.29) is 5.91 Å². The number of aromatic nitrogens is 1. The van der Waals surface area contributed by atoms with Crippen LogP contribution in [0.1, 0.15) is 15.9 Å². The summed E-state index contributed by atoms with van der Waals surface area (Å²) in [5, 5.41) is 4.45. The zero-order chi connectivity index (χ0) is 15.5. The van der Waals surface area contributed by atoms with Crippen molar-refractivity contribution in [1.29, 1.82) is 0 Å².